The van der Waals surface area contributed by atoms with Gasteiger partial charge in [-0.3, -0.25) is 9.36 Å². The Morgan fingerprint density at radius 1 is 1.47 bits per heavy atom. The number of aryl methyl sites for hydroxylation is 1. The predicted octanol–water partition coefficient (Wildman–Crippen LogP) is -0.804. The summed E-state index contributed by atoms with van der Waals surface area (Å²) in [6.07, 6.45) is 5.06. The van der Waals surface area contributed by atoms with E-state index >= 15 is 0 Å². The van der Waals surface area contributed by atoms with Gasteiger partial charge in [0.15, 0.2) is 0 Å². The van der Waals surface area contributed by atoms with E-state index in [4.69, 9.17) is 0 Å². The average Bonchev–Trinajstić information content (AvgIpc) is 2.85. The maximum atomic E-state index is 4.10. The minimum atomic E-state index is 0.713. The number of nitrogens with zero attached hydrogens (tertiary/aromatic N) is 6. The first-order chi connectivity index (χ1) is 7.36. The number of rotatable bonds is 5. The Hall–Kier alpha value is -1.76. The summed E-state index contributed by atoms with van der Waals surface area (Å²) in [6.45, 7) is 2.35. The molecular weight excluding hydrogens is 194 g/mol. The van der Waals surface area contributed by atoms with Crippen molar-refractivity contribution >= 4 is 0 Å². The summed E-state index contributed by atoms with van der Waals surface area (Å²) in [5.74, 6) is 0.925. The molecule has 0 amide bonds. The molecule has 80 valence electrons. The van der Waals surface area contributed by atoms with Crippen LogP contribution in [0.1, 0.15) is 5.82 Å². The van der Waals surface area contributed by atoms with Crippen molar-refractivity contribution < 1.29 is 0 Å². The largest absolute Gasteiger partial charge is 0.308 e. The first-order valence-corrected chi connectivity index (χ1v) is 4.74. The summed E-state index contributed by atoms with van der Waals surface area (Å²) in [5, 5.41) is 14.8. The van der Waals surface area contributed by atoms with Gasteiger partial charge in [-0.25, -0.2) is 4.98 Å². The normalized spacial score (nSPS) is 10.7. The third kappa shape index (κ3) is 2.59. The zero-order chi connectivity index (χ0) is 10.5. The molecule has 0 atom stereocenters. The van der Waals surface area contributed by atoms with Gasteiger partial charge in [-0.15, -0.1) is 5.10 Å². The van der Waals surface area contributed by atoms with Crippen LogP contribution in [0, 0.1) is 0 Å². The first kappa shape index (κ1) is 9.78. The van der Waals surface area contributed by atoms with Crippen LogP contribution in [0.25, 0.3) is 0 Å². The lowest BCUT2D eigenvalue weighted by Crippen LogP contribution is -2.21. The lowest BCUT2D eigenvalue weighted by atomic mass is 10.5. The summed E-state index contributed by atoms with van der Waals surface area (Å²) in [6, 6.07) is 0. The zero-order valence-corrected chi connectivity index (χ0v) is 8.54. The quantitative estimate of drug-likeness (QED) is 0.649. The molecule has 0 bridgehead atoms. The van der Waals surface area contributed by atoms with Gasteiger partial charge in [-0.05, 0) is 0 Å². The molecule has 7 heteroatoms. The van der Waals surface area contributed by atoms with E-state index in [2.05, 4.69) is 25.7 Å². The van der Waals surface area contributed by atoms with Gasteiger partial charge < -0.3 is 5.32 Å². The number of aromatic nitrogens is 6. The van der Waals surface area contributed by atoms with E-state index in [1.54, 1.807) is 21.9 Å². The third-order valence-corrected chi connectivity index (χ3v) is 2.08. The number of hydrogen-bond acceptors (Lipinski definition) is 5. The molecule has 2 heterocycles. The van der Waals surface area contributed by atoms with Gasteiger partial charge in [-0.2, -0.15) is 5.10 Å². The van der Waals surface area contributed by atoms with E-state index in [0.717, 1.165) is 18.9 Å². The van der Waals surface area contributed by atoms with Gasteiger partial charge in [0.1, 0.15) is 12.2 Å². The summed E-state index contributed by atoms with van der Waals surface area (Å²) in [7, 11) is 1.88. The van der Waals surface area contributed by atoms with Gasteiger partial charge in [0.25, 0.3) is 0 Å². The molecule has 0 aromatic carbocycles. The van der Waals surface area contributed by atoms with Crippen LogP contribution >= 0.6 is 0 Å². The third-order valence-electron chi connectivity index (χ3n) is 2.08. The Balaban J connectivity index is 1.70. The summed E-state index contributed by atoms with van der Waals surface area (Å²) < 4.78 is 3.53. The van der Waals surface area contributed by atoms with Crippen molar-refractivity contribution in [2.45, 2.75) is 13.1 Å². The van der Waals surface area contributed by atoms with Gasteiger partial charge in [0.2, 0.25) is 0 Å². The second-order valence-electron chi connectivity index (χ2n) is 3.14. The fourth-order valence-electron chi connectivity index (χ4n) is 1.23. The number of hydrogen-bond donors (Lipinski definition) is 1. The Morgan fingerprint density at radius 3 is 3.07 bits per heavy atom. The fraction of sp³-hybridized carbons (Fsp3) is 0.500. The molecule has 0 saturated heterocycles. The average molecular weight is 207 g/mol. The van der Waals surface area contributed by atoms with E-state index in [1.165, 1.54) is 0 Å². The Bertz CT molecular complexity index is 391. The molecule has 2 rings (SSSR count). The lowest BCUT2D eigenvalue weighted by Gasteiger charge is -2.03. The van der Waals surface area contributed by atoms with Crippen LogP contribution in [0.2, 0.25) is 0 Å². The first-order valence-electron chi connectivity index (χ1n) is 4.74. The molecule has 0 unspecified atom stereocenters. The monoisotopic (exact) mass is 207 g/mol. The van der Waals surface area contributed by atoms with Crippen LogP contribution in [-0.4, -0.2) is 36.3 Å². The highest BCUT2D eigenvalue weighted by Crippen LogP contribution is 1.88. The van der Waals surface area contributed by atoms with Crippen LogP contribution in [-0.2, 0) is 20.1 Å². The molecule has 0 fully saturated rings. The Labute approximate surface area is 87.1 Å². The van der Waals surface area contributed by atoms with Crippen molar-refractivity contribution in [1.29, 1.82) is 0 Å². The smallest absolute Gasteiger partial charge is 0.140 e. The van der Waals surface area contributed by atoms with Crippen molar-refractivity contribution in [2.75, 3.05) is 6.54 Å². The summed E-state index contributed by atoms with van der Waals surface area (Å²) in [5.41, 5.74) is 0. The number of nitrogens with one attached hydrogen (secondary N) is 1. The van der Waals surface area contributed by atoms with Crippen molar-refractivity contribution in [3.05, 3.63) is 24.5 Å². The lowest BCUT2D eigenvalue weighted by molar-refractivity contribution is 0.526. The molecule has 0 radical (unpaired) electrons. The zero-order valence-electron chi connectivity index (χ0n) is 8.54. The molecule has 0 aliphatic carbocycles. The maximum absolute atomic E-state index is 4.10. The second-order valence-corrected chi connectivity index (χ2v) is 3.14. The molecule has 15 heavy (non-hydrogen) atoms. The van der Waals surface area contributed by atoms with E-state index in [1.807, 2.05) is 13.2 Å². The molecule has 0 aliphatic heterocycles. The van der Waals surface area contributed by atoms with Crippen LogP contribution in [0.5, 0.6) is 0 Å². The van der Waals surface area contributed by atoms with Gasteiger partial charge in [0.05, 0.1) is 19.3 Å². The van der Waals surface area contributed by atoms with E-state index in [-0.39, 0.29) is 0 Å². The van der Waals surface area contributed by atoms with Crippen LogP contribution in [0.15, 0.2) is 18.7 Å². The fourth-order valence-corrected chi connectivity index (χ4v) is 1.23. The van der Waals surface area contributed by atoms with Crippen molar-refractivity contribution in [1.82, 2.24) is 35.1 Å². The standard InChI is InChI=1S/C8H13N7/c1-14-8(10-7-12-14)6-9-2-4-15-5-3-11-13-15/h3,5,7,9H,2,4,6H2,1H3. The Kier molecular flexibility index (Phi) is 3.03. The van der Waals surface area contributed by atoms with Gasteiger partial charge in [-0.1, -0.05) is 5.21 Å². The highest BCUT2D eigenvalue weighted by atomic mass is 15.4. The second kappa shape index (κ2) is 4.65. The summed E-state index contributed by atoms with van der Waals surface area (Å²) >= 11 is 0. The van der Waals surface area contributed by atoms with Crippen molar-refractivity contribution in [2.24, 2.45) is 7.05 Å². The van der Waals surface area contributed by atoms with E-state index in [9.17, 15) is 0 Å². The minimum absolute atomic E-state index is 0.713. The highest BCUT2D eigenvalue weighted by Gasteiger charge is 1.98. The Morgan fingerprint density at radius 2 is 2.40 bits per heavy atom. The minimum Gasteiger partial charge on any atom is -0.308 e. The van der Waals surface area contributed by atoms with Gasteiger partial charge in [0, 0.05) is 19.8 Å². The molecule has 0 saturated carbocycles. The van der Waals surface area contributed by atoms with Crippen molar-refractivity contribution in [3.63, 3.8) is 0 Å². The van der Waals surface area contributed by atoms with Crippen molar-refractivity contribution in [3.8, 4) is 0 Å². The van der Waals surface area contributed by atoms with E-state index in [0.29, 0.717) is 6.54 Å². The molecule has 1 N–H and O–H groups in total. The maximum Gasteiger partial charge on any atom is 0.140 e. The topological polar surface area (TPSA) is 73.5 Å². The molecular formula is C8H13N7. The molecule has 2 aromatic heterocycles. The van der Waals surface area contributed by atoms with E-state index < -0.39 is 0 Å². The van der Waals surface area contributed by atoms with Crippen LogP contribution in [0.3, 0.4) is 0 Å². The van der Waals surface area contributed by atoms with Gasteiger partial charge >= 0.3 is 0 Å². The van der Waals surface area contributed by atoms with Crippen LogP contribution < -0.4 is 5.32 Å². The van der Waals surface area contributed by atoms with Crippen LogP contribution in [0.4, 0.5) is 0 Å². The molecule has 0 aliphatic rings. The summed E-state index contributed by atoms with van der Waals surface area (Å²) in [4.78, 5) is 4.10. The SMILES string of the molecule is Cn1ncnc1CNCCn1ccnn1. The highest BCUT2D eigenvalue weighted by molar-refractivity contribution is 4.81. The molecule has 0 spiro atoms. The predicted molar refractivity (Wildman–Crippen MR) is 52.7 cm³/mol. The molecule has 2 aromatic rings. The molecule has 7 nitrogen and oxygen atoms in total.